The SMILES string of the molecule is CC(C)CNC(=O)[C@@H]1O[C@H]1C(=O)N[C@@H](CC(C)C)C(=O)N[C@@H](Cc1ccc(O)cc1)C(N)=O. The zero-order valence-electron chi connectivity index (χ0n) is 19.5. The summed E-state index contributed by atoms with van der Waals surface area (Å²) in [5.41, 5.74) is 6.17. The van der Waals surface area contributed by atoms with E-state index in [0.717, 1.165) is 0 Å². The number of nitrogens with two attached hydrogens (primary N) is 1. The molecule has 33 heavy (non-hydrogen) atoms. The summed E-state index contributed by atoms with van der Waals surface area (Å²) in [5, 5.41) is 17.4. The number of rotatable bonds is 12. The van der Waals surface area contributed by atoms with Crippen molar-refractivity contribution in [2.45, 2.75) is 64.8 Å². The summed E-state index contributed by atoms with van der Waals surface area (Å²) in [7, 11) is 0. The summed E-state index contributed by atoms with van der Waals surface area (Å²) in [6.07, 6.45) is -1.38. The second-order valence-corrected chi connectivity index (χ2v) is 9.14. The number of ether oxygens (including phenoxy) is 1. The van der Waals surface area contributed by atoms with Crippen LogP contribution in [0.1, 0.15) is 39.7 Å². The Morgan fingerprint density at radius 3 is 2.09 bits per heavy atom. The van der Waals surface area contributed by atoms with Crippen LogP contribution in [-0.2, 0) is 30.3 Å². The molecule has 4 amide bonds. The van der Waals surface area contributed by atoms with Crippen molar-refractivity contribution in [1.29, 1.82) is 0 Å². The Morgan fingerprint density at radius 2 is 1.55 bits per heavy atom. The number of carbonyl (C=O) groups is 4. The molecule has 182 valence electrons. The van der Waals surface area contributed by atoms with Gasteiger partial charge >= 0.3 is 0 Å². The molecule has 2 rings (SSSR count). The van der Waals surface area contributed by atoms with Crippen molar-refractivity contribution >= 4 is 23.6 Å². The summed E-state index contributed by atoms with van der Waals surface area (Å²) >= 11 is 0. The zero-order valence-corrected chi connectivity index (χ0v) is 19.5. The largest absolute Gasteiger partial charge is 0.508 e. The second kappa shape index (κ2) is 11.6. The molecule has 1 heterocycles. The molecule has 1 saturated heterocycles. The molecule has 1 aromatic rings. The van der Waals surface area contributed by atoms with E-state index >= 15 is 0 Å². The molecule has 0 aromatic heterocycles. The first kappa shape index (κ1) is 26.1. The van der Waals surface area contributed by atoms with Gasteiger partial charge in [-0.05, 0) is 36.0 Å². The third kappa shape index (κ3) is 8.38. The zero-order chi connectivity index (χ0) is 24.7. The molecule has 0 radical (unpaired) electrons. The number of aromatic hydroxyl groups is 1. The number of epoxide rings is 1. The summed E-state index contributed by atoms with van der Waals surface area (Å²) < 4.78 is 5.22. The second-order valence-electron chi connectivity index (χ2n) is 9.14. The predicted octanol–water partition coefficient (Wildman–Crippen LogP) is -0.0247. The molecule has 1 fully saturated rings. The Hall–Kier alpha value is -3.14. The highest BCUT2D eigenvalue weighted by Crippen LogP contribution is 2.23. The normalized spacial score (nSPS) is 19.0. The maximum Gasteiger partial charge on any atom is 0.253 e. The highest BCUT2D eigenvalue weighted by atomic mass is 16.6. The minimum Gasteiger partial charge on any atom is -0.508 e. The summed E-state index contributed by atoms with van der Waals surface area (Å²) in [5.74, 6) is -1.79. The number of nitrogens with one attached hydrogen (secondary N) is 3. The fraction of sp³-hybridized carbons (Fsp3) is 0.565. The Balaban J connectivity index is 1.99. The van der Waals surface area contributed by atoms with E-state index in [-0.39, 0.29) is 29.9 Å². The number of amides is 4. The Morgan fingerprint density at radius 1 is 0.939 bits per heavy atom. The first-order chi connectivity index (χ1) is 15.5. The van der Waals surface area contributed by atoms with Crippen LogP contribution in [0.3, 0.4) is 0 Å². The molecule has 10 heteroatoms. The number of benzene rings is 1. The van der Waals surface area contributed by atoms with Gasteiger partial charge in [0.1, 0.15) is 17.8 Å². The van der Waals surface area contributed by atoms with Crippen molar-refractivity contribution in [3.05, 3.63) is 29.8 Å². The molecule has 10 nitrogen and oxygen atoms in total. The molecule has 1 aliphatic heterocycles. The molecular weight excluding hydrogens is 428 g/mol. The van der Waals surface area contributed by atoms with Gasteiger partial charge in [-0.15, -0.1) is 0 Å². The van der Waals surface area contributed by atoms with Crippen LogP contribution in [0.2, 0.25) is 0 Å². The van der Waals surface area contributed by atoms with E-state index in [4.69, 9.17) is 10.5 Å². The van der Waals surface area contributed by atoms with Gasteiger partial charge < -0.3 is 31.5 Å². The Labute approximate surface area is 193 Å². The molecular formula is C23H34N4O6. The third-order valence-electron chi connectivity index (χ3n) is 5.07. The van der Waals surface area contributed by atoms with Crippen molar-refractivity contribution in [3.63, 3.8) is 0 Å². The topological polar surface area (TPSA) is 163 Å². The summed E-state index contributed by atoms with van der Waals surface area (Å²) in [6.45, 7) is 8.16. The van der Waals surface area contributed by atoms with Gasteiger partial charge in [0.2, 0.25) is 11.8 Å². The Bertz CT molecular complexity index is 855. The highest BCUT2D eigenvalue weighted by molar-refractivity contribution is 5.97. The first-order valence-electron chi connectivity index (χ1n) is 11.1. The lowest BCUT2D eigenvalue weighted by atomic mass is 10.0. The maximum atomic E-state index is 12.9. The molecule has 1 aliphatic rings. The van der Waals surface area contributed by atoms with Gasteiger partial charge in [0.25, 0.3) is 11.8 Å². The lowest BCUT2D eigenvalue weighted by Crippen LogP contribution is -2.54. The van der Waals surface area contributed by atoms with E-state index in [1.807, 2.05) is 27.7 Å². The molecule has 0 saturated carbocycles. The van der Waals surface area contributed by atoms with E-state index < -0.39 is 42.0 Å². The van der Waals surface area contributed by atoms with E-state index in [0.29, 0.717) is 18.5 Å². The number of carbonyl (C=O) groups excluding carboxylic acids is 4. The van der Waals surface area contributed by atoms with E-state index in [2.05, 4.69) is 16.0 Å². The standard InChI is InChI=1S/C23H34N4O6/c1-12(2)9-17(27-23(32)19-18(33-19)22(31)25-11-13(3)4)21(30)26-16(20(24)29)10-14-5-7-15(28)8-6-14/h5-8,12-13,16-19,28H,9-11H2,1-4H3,(H2,24,29)(H,25,31)(H,26,30)(H,27,32)/t16-,17-,18+,19+/m0/s1. The maximum absolute atomic E-state index is 12.9. The summed E-state index contributed by atoms with van der Waals surface area (Å²) in [4.78, 5) is 49.5. The number of hydrogen-bond acceptors (Lipinski definition) is 6. The van der Waals surface area contributed by atoms with Crippen LogP contribution in [0.4, 0.5) is 0 Å². The monoisotopic (exact) mass is 462 g/mol. The molecule has 6 N–H and O–H groups in total. The van der Waals surface area contributed by atoms with Crippen molar-refractivity contribution in [3.8, 4) is 5.75 Å². The van der Waals surface area contributed by atoms with Gasteiger partial charge in [0.05, 0.1) is 0 Å². The minimum absolute atomic E-state index is 0.0652. The molecule has 0 aliphatic carbocycles. The molecule has 0 unspecified atom stereocenters. The van der Waals surface area contributed by atoms with Crippen LogP contribution in [0, 0.1) is 11.8 Å². The van der Waals surface area contributed by atoms with E-state index in [1.54, 1.807) is 12.1 Å². The lowest BCUT2D eigenvalue weighted by Gasteiger charge is -2.23. The predicted molar refractivity (Wildman–Crippen MR) is 121 cm³/mol. The lowest BCUT2D eigenvalue weighted by molar-refractivity contribution is -0.132. The molecule has 1 aromatic carbocycles. The van der Waals surface area contributed by atoms with Crippen molar-refractivity contribution in [2.24, 2.45) is 17.6 Å². The number of phenolic OH excluding ortho intramolecular Hbond substituents is 1. The highest BCUT2D eigenvalue weighted by Gasteiger charge is 2.51. The average Bonchev–Trinajstić information content (AvgIpc) is 3.53. The number of phenols is 1. The van der Waals surface area contributed by atoms with Crippen LogP contribution in [0.25, 0.3) is 0 Å². The van der Waals surface area contributed by atoms with Gasteiger partial charge in [-0.3, -0.25) is 19.2 Å². The van der Waals surface area contributed by atoms with Gasteiger partial charge in [-0.25, -0.2) is 0 Å². The van der Waals surface area contributed by atoms with Crippen LogP contribution in [-0.4, -0.2) is 59.6 Å². The van der Waals surface area contributed by atoms with Crippen LogP contribution in [0.5, 0.6) is 5.75 Å². The van der Waals surface area contributed by atoms with Crippen molar-refractivity contribution < 1.29 is 29.0 Å². The van der Waals surface area contributed by atoms with Crippen LogP contribution >= 0.6 is 0 Å². The number of hydrogen-bond donors (Lipinski definition) is 5. The van der Waals surface area contributed by atoms with Crippen molar-refractivity contribution in [1.82, 2.24) is 16.0 Å². The fourth-order valence-electron chi connectivity index (χ4n) is 3.24. The van der Waals surface area contributed by atoms with Crippen LogP contribution in [0.15, 0.2) is 24.3 Å². The molecule has 0 spiro atoms. The third-order valence-corrected chi connectivity index (χ3v) is 5.07. The van der Waals surface area contributed by atoms with Gasteiger partial charge in [0, 0.05) is 13.0 Å². The van der Waals surface area contributed by atoms with E-state index in [1.165, 1.54) is 12.1 Å². The quantitative estimate of drug-likeness (QED) is 0.274. The molecule has 0 bridgehead atoms. The van der Waals surface area contributed by atoms with E-state index in [9.17, 15) is 24.3 Å². The average molecular weight is 463 g/mol. The van der Waals surface area contributed by atoms with Crippen molar-refractivity contribution in [2.75, 3.05) is 6.54 Å². The van der Waals surface area contributed by atoms with Crippen LogP contribution < -0.4 is 21.7 Å². The van der Waals surface area contributed by atoms with Gasteiger partial charge in [0.15, 0.2) is 12.2 Å². The first-order valence-corrected chi connectivity index (χ1v) is 11.1. The summed E-state index contributed by atoms with van der Waals surface area (Å²) in [6, 6.07) is 4.27. The number of primary amides is 1. The van der Waals surface area contributed by atoms with Gasteiger partial charge in [-0.2, -0.15) is 0 Å². The Kier molecular flexibility index (Phi) is 9.22. The van der Waals surface area contributed by atoms with Gasteiger partial charge in [-0.1, -0.05) is 39.8 Å². The molecule has 4 atom stereocenters. The smallest absolute Gasteiger partial charge is 0.253 e. The minimum atomic E-state index is -1.000. The fourth-order valence-corrected chi connectivity index (χ4v) is 3.24.